The van der Waals surface area contributed by atoms with Gasteiger partial charge in [-0.15, -0.1) is 0 Å². The minimum Gasteiger partial charge on any atom is -0.324 e. The van der Waals surface area contributed by atoms with Crippen molar-refractivity contribution in [2.45, 2.75) is 19.4 Å². The molecule has 0 bridgehead atoms. The lowest BCUT2D eigenvalue weighted by Gasteiger charge is -2.14. The summed E-state index contributed by atoms with van der Waals surface area (Å²) in [5.74, 6) is 0. The molecular weight excluding hydrogens is 276 g/mol. The Morgan fingerprint density at radius 1 is 1.25 bits per heavy atom. The van der Waals surface area contributed by atoms with Gasteiger partial charge < -0.3 is 5.73 Å². The van der Waals surface area contributed by atoms with E-state index in [4.69, 9.17) is 17.3 Å². The van der Waals surface area contributed by atoms with Gasteiger partial charge in [0, 0.05) is 23.2 Å². The summed E-state index contributed by atoms with van der Waals surface area (Å²) in [5, 5.41) is 11.2. The van der Waals surface area contributed by atoms with E-state index in [0.29, 0.717) is 11.4 Å². The van der Waals surface area contributed by atoms with Crippen LogP contribution < -0.4 is 5.73 Å². The van der Waals surface area contributed by atoms with Crippen molar-refractivity contribution in [1.29, 1.82) is 0 Å². The quantitative estimate of drug-likeness (QED) is 0.688. The van der Waals surface area contributed by atoms with Gasteiger partial charge in [-0.2, -0.15) is 0 Å². The van der Waals surface area contributed by atoms with Crippen LogP contribution in [0.2, 0.25) is 5.02 Å². The van der Waals surface area contributed by atoms with Crippen molar-refractivity contribution in [3.05, 3.63) is 74.3 Å². The maximum absolute atomic E-state index is 10.6. The molecule has 2 N–H and O–H groups in total. The Morgan fingerprint density at radius 2 is 1.90 bits per heavy atom. The summed E-state index contributed by atoms with van der Waals surface area (Å²) in [7, 11) is 0. The summed E-state index contributed by atoms with van der Waals surface area (Å²) < 4.78 is 0. The highest BCUT2D eigenvalue weighted by Gasteiger charge is 2.12. The largest absolute Gasteiger partial charge is 0.324 e. The minimum absolute atomic E-state index is 0.0793. The fourth-order valence-corrected chi connectivity index (χ4v) is 2.43. The number of hydrogen-bond donors (Lipinski definition) is 1. The van der Waals surface area contributed by atoms with Gasteiger partial charge in [-0.05, 0) is 36.1 Å². The monoisotopic (exact) mass is 290 g/mol. The molecule has 0 spiro atoms. The Hall–Kier alpha value is -1.91. The molecule has 0 saturated heterocycles. The summed E-state index contributed by atoms with van der Waals surface area (Å²) in [4.78, 5) is 10.2. The van der Waals surface area contributed by atoms with E-state index in [1.54, 1.807) is 12.1 Å². The number of nitro benzene ring substituents is 1. The van der Waals surface area contributed by atoms with Crippen molar-refractivity contribution in [2.24, 2.45) is 5.73 Å². The van der Waals surface area contributed by atoms with Gasteiger partial charge in [0.25, 0.3) is 5.69 Å². The van der Waals surface area contributed by atoms with E-state index in [0.717, 1.165) is 16.7 Å². The van der Waals surface area contributed by atoms with Crippen LogP contribution in [-0.2, 0) is 6.42 Å². The predicted molar refractivity (Wildman–Crippen MR) is 79.9 cm³/mol. The first-order chi connectivity index (χ1) is 9.47. The second kappa shape index (κ2) is 6.03. The second-order valence-corrected chi connectivity index (χ2v) is 5.17. The Labute approximate surface area is 122 Å². The molecule has 1 atom stereocenters. The molecule has 0 fully saturated rings. The maximum Gasteiger partial charge on any atom is 0.269 e. The lowest BCUT2D eigenvalue weighted by atomic mass is 9.98. The number of hydrogen-bond acceptors (Lipinski definition) is 3. The van der Waals surface area contributed by atoms with Crippen LogP contribution in [0.5, 0.6) is 0 Å². The van der Waals surface area contributed by atoms with Gasteiger partial charge >= 0.3 is 0 Å². The zero-order chi connectivity index (χ0) is 14.7. The van der Waals surface area contributed by atoms with Crippen LogP contribution in [-0.4, -0.2) is 4.92 Å². The number of benzene rings is 2. The lowest BCUT2D eigenvalue weighted by molar-refractivity contribution is -0.384. The first-order valence-electron chi connectivity index (χ1n) is 6.22. The smallest absolute Gasteiger partial charge is 0.269 e. The highest BCUT2D eigenvalue weighted by Crippen LogP contribution is 2.25. The van der Waals surface area contributed by atoms with Crippen molar-refractivity contribution >= 4 is 17.3 Å². The molecule has 0 heterocycles. The third kappa shape index (κ3) is 3.35. The van der Waals surface area contributed by atoms with Crippen molar-refractivity contribution in [2.75, 3.05) is 0 Å². The average Bonchev–Trinajstić information content (AvgIpc) is 2.39. The van der Waals surface area contributed by atoms with Crippen LogP contribution >= 0.6 is 11.6 Å². The SMILES string of the molecule is Cc1ccc(C(N)Cc2ccc([N+](=O)[O-])cc2)c(Cl)c1. The van der Waals surface area contributed by atoms with Crippen LogP contribution in [0.4, 0.5) is 5.69 Å². The molecule has 0 radical (unpaired) electrons. The van der Waals surface area contributed by atoms with Crippen LogP contribution in [0, 0.1) is 17.0 Å². The maximum atomic E-state index is 10.6. The number of nitro groups is 1. The normalized spacial score (nSPS) is 12.2. The van der Waals surface area contributed by atoms with Crippen molar-refractivity contribution in [3.63, 3.8) is 0 Å². The minimum atomic E-state index is -0.416. The topological polar surface area (TPSA) is 69.2 Å². The molecule has 1 unspecified atom stereocenters. The molecule has 4 nitrogen and oxygen atoms in total. The molecule has 104 valence electrons. The summed E-state index contributed by atoms with van der Waals surface area (Å²) in [6, 6.07) is 12.0. The highest BCUT2D eigenvalue weighted by molar-refractivity contribution is 6.31. The van der Waals surface area contributed by atoms with Gasteiger partial charge in [0.1, 0.15) is 0 Å². The molecule has 0 aromatic heterocycles. The van der Waals surface area contributed by atoms with E-state index in [9.17, 15) is 10.1 Å². The first kappa shape index (κ1) is 14.5. The van der Waals surface area contributed by atoms with Gasteiger partial charge in [-0.3, -0.25) is 10.1 Å². The number of non-ortho nitro benzene ring substituents is 1. The first-order valence-corrected chi connectivity index (χ1v) is 6.60. The number of halogens is 1. The summed E-state index contributed by atoms with van der Waals surface area (Å²) >= 11 is 6.19. The number of nitrogens with zero attached hydrogens (tertiary/aromatic N) is 1. The second-order valence-electron chi connectivity index (χ2n) is 4.76. The molecule has 0 amide bonds. The Bertz CT molecular complexity index is 626. The van der Waals surface area contributed by atoms with Crippen LogP contribution in [0.15, 0.2) is 42.5 Å². The molecule has 0 saturated carbocycles. The fourth-order valence-electron chi connectivity index (χ4n) is 2.05. The van der Waals surface area contributed by atoms with Crippen LogP contribution in [0.1, 0.15) is 22.7 Å². The van der Waals surface area contributed by atoms with Gasteiger partial charge in [-0.1, -0.05) is 35.9 Å². The summed E-state index contributed by atoms with van der Waals surface area (Å²) in [5.41, 5.74) is 9.15. The van der Waals surface area contributed by atoms with E-state index in [-0.39, 0.29) is 11.7 Å². The molecule has 0 aliphatic carbocycles. The van der Waals surface area contributed by atoms with Gasteiger partial charge in [0.2, 0.25) is 0 Å². The van der Waals surface area contributed by atoms with Crippen molar-refractivity contribution in [1.82, 2.24) is 0 Å². The lowest BCUT2D eigenvalue weighted by Crippen LogP contribution is -2.14. The fraction of sp³-hybridized carbons (Fsp3) is 0.200. The average molecular weight is 291 g/mol. The number of aryl methyl sites for hydroxylation is 1. The van der Waals surface area contributed by atoms with Gasteiger partial charge in [0.05, 0.1) is 4.92 Å². The molecule has 0 aliphatic rings. The van der Waals surface area contributed by atoms with E-state index >= 15 is 0 Å². The number of rotatable bonds is 4. The third-order valence-electron chi connectivity index (χ3n) is 3.16. The Balaban J connectivity index is 2.14. The molecule has 0 aliphatic heterocycles. The zero-order valence-corrected chi connectivity index (χ0v) is 11.8. The highest BCUT2D eigenvalue weighted by atomic mass is 35.5. The standard InChI is InChI=1S/C15H15ClN2O2/c1-10-2-7-13(14(16)8-10)15(17)9-11-3-5-12(6-4-11)18(19)20/h2-8,15H,9,17H2,1H3. The van der Waals surface area contributed by atoms with Crippen molar-refractivity contribution in [3.8, 4) is 0 Å². The summed E-state index contributed by atoms with van der Waals surface area (Å²) in [6.07, 6.45) is 0.584. The third-order valence-corrected chi connectivity index (χ3v) is 3.49. The zero-order valence-electron chi connectivity index (χ0n) is 11.0. The molecule has 5 heteroatoms. The van der Waals surface area contributed by atoms with E-state index in [1.807, 2.05) is 25.1 Å². The Morgan fingerprint density at radius 3 is 2.45 bits per heavy atom. The molecular formula is C15H15ClN2O2. The van der Waals surface area contributed by atoms with Crippen LogP contribution in [0.25, 0.3) is 0 Å². The predicted octanol–water partition coefficient (Wildman–Crippen LogP) is 3.80. The van der Waals surface area contributed by atoms with E-state index in [1.165, 1.54) is 12.1 Å². The molecule has 2 aromatic rings. The molecule has 2 aromatic carbocycles. The Kier molecular flexibility index (Phi) is 4.37. The van der Waals surface area contributed by atoms with Crippen molar-refractivity contribution < 1.29 is 4.92 Å². The van der Waals surface area contributed by atoms with Gasteiger partial charge in [0.15, 0.2) is 0 Å². The van der Waals surface area contributed by atoms with E-state index < -0.39 is 4.92 Å². The number of nitrogens with two attached hydrogens (primary N) is 1. The van der Waals surface area contributed by atoms with Gasteiger partial charge in [-0.25, -0.2) is 0 Å². The molecule has 2 rings (SSSR count). The molecule has 20 heavy (non-hydrogen) atoms. The van der Waals surface area contributed by atoms with E-state index in [2.05, 4.69) is 0 Å². The summed E-state index contributed by atoms with van der Waals surface area (Å²) in [6.45, 7) is 1.97. The van der Waals surface area contributed by atoms with Crippen LogP contribution in [0.3, 0.4) is 0 Å².